The molecule has 0 aromatic heterocycles. The van der Waals surface area contributed by atoms with E-state index in [1.54, 1.807) is 14.1 Å². The first-order valence-electron chi connectivity index (χ1n) is 3.69. The number of urea groups is 1. The number of carbonyl (C=O) groups excluding carboxylic acids is 1. The van der Waals surface area contributed by atoms with Crippen LogP contribution in [0.4, 0.5) is 4.79 Å². The first-order valence-corrected chi connectivity index (χ1v) is 4.10. The minimum atomic E-state index is -0.127. The van der Waals surface area contributed by atoms with Crippen LogP contribution in [0.25, 0.3) is 0 Å². The number of thiocarbonyl (C=S) groups is 1. The molecule has 0 rings (SSSR count). The Morgan fingerprint density at radius 2 is 2.17 bits per heavy atom. The summed E-state index contributed by atoms with van der Waals surface area (Å²) in [6.07, 6.45) is 0. The average Bonchev–Trinajstić information content (AvgIpc) is 1.98. The number of hydrogen-bond donors (Lipinski definition) is 2. The van der Waals surface area contributed by atoms with Gasteiger partial charge in [-0.05, 0) is 0 Å². The highest BCUT2D eigenvalue weighted by atomic mass is 32.1. The monoisotopic (exact) mass is 189 g/mol. The first-order chi connectivity index (χ1) is 5.45. The van der Waals surface area contributed by atoms with Crippen LogP contribution in [0.2, 0.25) is 0 Å². The number of hydrogen-bond acceptors (Lipinski definition) is 2. The third-order valence-electron chi connectivity index (χ3n) is 1.45. The van der Waals surface area contributed by atoms with Gasteiger partial charge in [0.2, 0.25) is 0 Å². The number of nitrogens with two attached hydrogens (primary N) is 1. The summed E-state index contributed by atoms with van der Waals surface area (Å²) in [5.41, 5.74) is 5.36. The molecule has 1 unspecified atom stereocenters. The summed E-state index contributed by atoms with van der Waals surface area (Å²) in [7, 11) is 3.36. The summed E-state index contributed by atoms with van der Waals surface area (Å²) in [6, 6.07) is -0.127. The highest BCUT2D eigenvalue weighted by molar-refractivity contribution is 7.80. The molecular formula is C7H15N3OS. The van der Waals surface area contributed by atoms with E-state index in [0.717, 1.165) is 0 Å². The molecule has 70 valence electrons. The fraction of sp³-hybridized carbons (Fsp3) is 0.714. The Kier molecular flexibility index (Phi) is 4.58. The summed E-state index contributed by atoms with van der Waals surface area (Å²) in [6.45, 7) is 2.37. The molecule has 0 aliphatic rings. The van der Waals surface area contributed by atoms with Crippen molar-refractivity contribution in [3.8, 4) is 0 Å². The number of nitrogens with zero attached hydrogens (tertiary/aromatic N) is 1. The van der Waals surface area contributed by atoms with Crippen molar-refractivity contribution in [3.05, 3.63) is 0 Å². The van der Waals surface area contributed by atoms with E-state index < -0.39 is 0 Å². The Bertz CT molecular complexity index is 181. The molecule has 0 aliphatic heterocycles. The second-order valence-electron chi connectivity index (χ2n) is 2.88. The van der Waals surface area contributed by atoms with E-state index in [9.17, 15) is 4.79 Å². The first kappa shape index (κ1) is 11.2. The van der Waals surface area contributed by atoms with Crippen LogP contribution in [0.5, 0.6) is 0 Å². The third kappa shape index (κ3) is 4.12. The van der Waals surface area contributed by atoms with E-state index in [1.165, 1.54) is 4.90 Å². The smallest absolute Gasteiger partial charge is 0.316 e. The molecule has 1 atom stereocenters. The van der Waals surface area contributed by atoms with Crippen LogP contribution in [0.15, 0.2) is 0 Å². The van der Waals surface area contributed by atoms with Crippen LogP contribution in [0.3, 0.4) is 0 Å². The quantitative estimate of drug-likeness (QED) is 0.623. The number of carbonyl (C=O) groups is 1. The zero-order valence-electron chi connectivity index (χ0n) is 7.63. The normalized spacial score (nSPS) is 11.9. The third-order valence-corrected chi connectivity index (χ3v) is 1.85. The molecular weight excluding hydrogens is 174 g/mol. The molecule has 3 N–H and O–H groups in total. The maximum absolute atomic E-state index is 11.0. The van der Waals surface area contributed by atoms with Crippen LogP contribution in [0.1, 0.15) is 6.92 Å². The molecule has 4 nitrogen and oxygen atoms in total. The molecule has 0 radical (unpaired) electrons. The largest absolute Gasteiger partial charge is 0.393 e. The topological polar surface area (TPSA) is 58.4 Å². The van der Waals surface area contributed by atoms with Crippen molar-refractivity contribution in [2.24, 2.45) is 11.7 Å². The van der Waals surface area contributed by atoms with Crippen molar-refractivity contribution in [3.63, 3.8) is 0 Å². The zero-order valence-corrected chi connectivity index (χ0v) is 8.44. The lowest BCUT2D eigenvalue weighted by Crippen LogP contribution is -2.39. The number of amides is 2. The Hall–Kier alpha value is -0.840. The minimum Gasteiger partial charge on any atom is -0.393 e. The molecule has 2 amide bonds. The van der Waals surface area contributed by atoms with Crippen LogP contribution in [-0.4, -0.2) is 36.6 Å². The summed E-state index contributed by atoms with van der Waals surface area (Å²) < 4.78 is 0. The lowest BCUT2D eigenvalue weighted by Gasteiger charge is -2.14. The maximum atomic E-state index is 11.0. The fourth-order valence-electron chi connectivity index (χ4n) is 0.499. The zero-order chi connectivity index (χ0) is 9.72. The van der Waals surface area contributed by atoms with Gasteiger partial charge in [0.1, 0.15) is 0 Å². The van der Waals surface area contributed by atoms with Crippen LogP contribution >= 0.6 is 12.2 Å². The molecule has 0 saturated carbocycles. The Morgan fingerprint density at radius 1 is 1.67 bits per heavy atom. The molecule has 5 heteroatoms. The summed E-state index contributed by atoms with van der Waals surface area (Å²) in [4.78, 5) is 12.9. The lowest BCUT2D eigenvalue weighted by molar-refractivity contribution is 0.217. The van der Waals surface area contributed by atoms with Gasteiger partial charge in [-0.25, -0.2) is 4.79 Å². The average molecular weight is 189 g/mol. The van der Waals surface area contributed by atoms with Gasteiger partial charge in [0.05, 0.1) is 4.99 Å². The Labute approximate surface area is 78.1 Å². The van der Waals surface area contributed by atoms with E-state index in [1.807, 2.05) is 6.92 Å². The number of nitrogens with one attached hydrogen (secondary N) is 1. The lowest BCUT2D eigenvalue weighted by atomic mass is 10.2. The molecule has 0 heterocycles. The summed E-state index contributed by atoms with van der Waals surface area (Å²) >= 11 is 4.75. The fourth-order valence-corrected chi connectivity index (χ4v) is 0.582. The summed E-state index contributed by atoms with van der Waals surface area (Å²) in [5, 5.41) is 2.68. The molecule has 0 spiro atoms. The van der Waals surface area contributed by atoms with Gasteiger partial charge in [-0.1, -0.05) is 19.1 Å². The van der Waals surface area contributed by atoms with Gasteiger partial charge in [-0.3, -0.25) is 0 Å². The Morgan fingerprint density at radius 3 is 2.50 bits per heavy atom. The van der Waals surface area contributed by atoms with Crippen molar-refractivity contribution in [1.82, 2.24) is 10.2 Å². The maximum Gasteiger partial charge on any atom is 0.316 e. The van der Waals surface area contributed by atoms with Crippen LogP contribution in [-0.2, 0) is 0 Å². The van der Waals surface area contributed by atoms with Crippen molar-refractivity contribution in [2.45, 2.75) is 6.92 Å². The van der Waals surface area contributed by atoms with E-state index in [4.69, 9.17) is 18.0 Å². The molecule has 0 bridgehead atoms. The van der Waals surface area contributed by atoms with Crippen molar-refractivity contribution in [2.75, 3.05) is 20.6 Å². The van der Waals surface area contributed by atoms with Gasteiger partial charge in [-0.15, -0.1) is 0 Å². The van der Waals surface area contributed by atoms with Crippen molar-refractivity contribution < 1.29 is 4.79 Å². The van der Waals surface area contributed by atoms with E-state index in [2.05, 4.69) is 5.32 Å². The van der Waals surface area contributed by atoms with Gasteiger partial charge >= 0.3 is 6.03 Å². The highest BCUT2D eigenvalue weighted by Gasteiger charge is 2.07. The number of rotatable bonds is 3. The van der Waals surface area contributed by atoms with Crippen LogP contribution in [0, 0.1) is 5.92 Å². The molecule has 0 aromatic carbocycles. The van der Waals surface area contributed by atoms with Crippen LogP contribution < -0.4 is 11.1 Å². The standard InChI is InChI=1S/C7H15N3OS/c1-5(6(8)12)4-9-7(11)10(2)3/h5H,4H2,1-3H3,(H2,8,12)(H,9,11). The van der Waals surface area contributed by atoms with Gasteiger partial charge in [0.15, 0.2) is 0 Å². The van der Waals surface area contributed by atoms with Crippen molar-refractivity contribution >= 4 is 23.2 Å². The Balaban J connectivity index is 3.69. The molecule has 12 heavy (non-hydrogen) atoms. The van der Waals surface area contributed by atoms with E-state index >= 15 is 0 Å². The van der Waals surface area contributed by atoms with Gasteiger partial charge in [0.25, 0.3) is 0 Å². The second-order valence-corrected chi connectivity index (χ2v) is 3.36. The molecule has 0 fully saturated rings. The predicted molar refractivity (Wildman–Crippen MR) is 53.0 cm³/mol. The molecule has 0 aliphatic carbocycles. The SMILES string of the molecule is CC(CNC(=O)N(C)C)C(N)=S. The van der Waals surface area contributed by atoms with Gasteiger partial charge < -0.3 is 16.0 Å². The van der Waals surface area contributed by atoms with Crippen molar-refractivity contribution in [1.29, 1.82) is 0 Å². The highest BCUT2D eigenvalue weighted by Crippen LogP contribution is 1.92. The second kappa shape index (κ2) is 4.92. The molecule has 0 saturated heterocycles. The van der Waals surface area contributed by atoms with E-state index in [0.29, 0.717) is 11.5 Å². The predicted octanol–water partition coefficient (Wildman–Crippen LogP) is 0.180. The minimum absolute atomic E-state index is 0.0453. The summed E-state index contributed by atoms with van der Waals surface area (Å²) in [5.74, 6) is 0.0453. The van der Waals surface area contributed by atoms with E-state index in [-0.39, 0.29) is 11.9 Å². The molecule has 0 aromatic rings. The van der Waals surface area contributed by atoms with Gasteiger partial charge in [0, 0.05) is 26.6 Å². The van der Waals surface area contributed by atoms with Gasteiger partial charge in [-0.2, -0.15) is 0 Å².